The Morgan fingerprint density at radius 2 is 1.89 bits per heavy atom. The van der Waals surface area contributed by atoms with Crippen molar-refractivity contribution in [2.24, 2.45) is 0 Å². The fourth-order valence-corrected chi connectivity index (χ4v) is 1.86. The van der Waals surface area contributed by atoms with Gasteiger partial charge in [0, 0.05) is 12.8 Å². The maximum absolute atomic E-state index is 10.6. The maximum atomic E-state index is 10.6. The number of carboxylic acid groups (broad SMARTS) is 1. The van der Waals surface area contributed by atoms with Crippen molar-refractivity contribution in [1.82, 2.24) is 0 Å². The van der Waals surface area contributed by atoms with E-state index in [-0.39, 0.29) is 6.10 Å². The van der Waals surface area contributed by atoms with Crippen molar-refractivity contribution >= 4 is 5.97 Å². The highest BCUT2D eigenvalue weighted by Crippen LogP contribution is 2.21. The summed E-state index contributed by atoms with van der Waals surface area (Å²) < 4.78 is 11.0. The van der Waals surface area contributed by atoms with E-state index in [1.165, 1.54) is 0 Å². The van der Waals surface area contributed by atoms with Crippen LogP contribution < -0.4 is 4.74 Å². The van der Waals surface area contributed by atoms with Gasteiger partial charge in [-0.1, -0.05) is 12.1 Å². The minimum atomic E-state index is -1.48. The fourth-order valence-electron chi connectivity index (χ4n) is 1.86. The third-order valence-electron chi connectivity index (χ3n) is 2.90. The molecule has 1 aliphatic heterocycles. The normalized spacial score (nSPS) is 18.3. The zero-order valence-electron chi connectivity index (χ0n) is 9.91. The van der Waals surface area contributed by atoms with Crippen LogP contribution in [0.15, 0.2) is 24.3 Å². The Kier molecular flexibility index (Phi) is 4.17. The summed E-state index contributed by atoms with van der Waals surface area (Å²) in [5.41, 5.74) is 0.349. The predicted molar refractivity (Wildman–Crippen MR) is 63.5 cm³/mol. The minimum Gasteiger partial charge on any atom is -0.490 e. The number of benzene rings is 1. The van der Waals surface area contributed by atoms with Gasteiger partial charge in [0.25, 0.3) is 0 Å². The molecule has 1 heterocycles. The Hall–Kier alpha value is -1.59. The van der Waals surface area contributed by atoms with E-state index in [0.717, 1.165) is 12.8 Å². The molecule has 1 aromatic rings. The van der Waals surface area contributed by atoms with Crippen molar-refractivity contribution < 1.29 is 24.5 Å². The van der Waals surface area contributed by atoms with Gasteiger partial charge in [-0.25, -0.2) is 4.79 Å². The van der Waals surface area contributed by atoms with Gasteiger partial charge < -0.3 is 19.7 Å². The number of carbonyl (C=O) groups is 1. The molecule has 5 nitrogen and oxygen atoms in total. The summed E-state index contributed by atoms with van der Waals surface area (Å²) in [6.07, 6.45) is 0.384. The number of aliphatic hydroxyl groups excluding tert-OH is 1. The first-order valence-corrected chi connectivity index (χ1v) is 5.92. The first kappa shape index (κ1) is 12.9. The molecule has 2 rings (SSSR count). The Labute approximate surface area is 105 Å². The van der Waals surface area contributed by atoms with Crippen molar-refractivity contribution in [3.8, 4) is 5.75 Å². The summed E-state index contributed by atoms with van der Waals surface area (Å²) in [5, 5.41) is 18.0. The van der Waals surface area contributed by atoms with Gasteiger partial charge in [-0.15, -0.1) is 0 Å². The Balaban J connectivity index is 1.96. The zero-order valence-corrected chi connectivity index (χ0v) is 9.91. The molecule has 1 fully saturated rings. The third-order valence-corrected chi connectivity index (χ3v) is 2.90. The summed E-state index contributed by atoms with van der Waals surface area (Å²) in [6.45, 7) is 1.42. The molecule has 2 N–H and O–H groups in total. The van der Waals surface area contributed by atoms with E-state index < -0.39 is 12.1 Å². The van der Waals surface area contributed by atoms with Crippen molar-refractivity contribution in [2.45, 2.75) is 25.0 Å². The van der Waals surface area contributed by atoms with Crippen LogP contribution in [0.5, 0.6) is 5.75 Å². The van der Waals surface area contributed by atoms with Gasteiger partial charge in [0.1, 0.15) is 11.9 Å². The average Bonchev–Trinajstić information content (AvgIpc) is 2.40. The van der Waals surface area contributed by atoms with E-state index in [0.29, 0.717) is 24.5 Å². The molecule has 1 saturated heterocycles. The molecule has 1 atom stereocenters. The Morgan fingerprint density at radius 1 is 1.28 bits per heavy atom. The van der Waals surface area contributed by atoms with E-state index in [1.807, 2.05) is 0 Å². The first-order valence-electron chi connectivity index (χ1n) is 5.92. The molecule has 1 unspecified atom stereocenters. The second-order valence-electron chi connectivity index (χ2n) is 4.24. The monoisotopic (exact) mass is 252 g/mol. The van der Waals surface area contributed by atoms with Crippen LogP contribution in [0, 0.1) is 0 Å². The van der Waals surface area contributed by atoms with Gasteiger partial charge in [-0.05, 0) is 17.7 Å². The van der Waals surface area contributed by atoms with Crippen molar-refractivity contribution in [1.29, 1.82) is 0 Å². The molecule has 0 spiro atoms. The lowest BCUT2D eigenvalue weighted by Crippen LogP contribution is -2.25. The molecule has 0 aromatic heterocycles. The van der Waals surface area contributed by atoms with Crippen LogP contribution in [0.1, 0.15) is 24.5 Å². The lowest BCUT2D eigenvalue weighted by molar-refractivity contribution is -0.146. The number of hydrogen-bond acceptors (Lipinski definition) is 4. The van der Waals surface area contributed by atoms with Gasteiger partial charge in [-0.2, -0.15) is 0 Å². The number of carboxylic acids is 1. The third kappa shape index (κ3) is 3.21. The van der Waals surface area contributed by atoms with Gasteiger partial charge >= 0.3 is 5.97 Å². The lowest BCUT2D eigenvalue weighted by Gasteiger charge is -2.23. The van der Waals surface area contributed by atoms with Crippen LogP contribution in [-0.4, -0.2) is 35.5 Å². The molecule has 18 heavy (non-hydrogen) atoms. The van der Waals surface area contributed by atoms with Crippen LogP contribution in [0.3, 0.4) is 0 Å². The summed E-state index contributed by atoms with van der Waals surface area (Å²) >= 11 is 0. The summed E-state index contributed by atoms with van der Waals surface area (Å²) in [6, 6.07) is 6.48. The summed E-state index contributed by atoms with van der Waals surface area (Å²) in [4.78, 5) is 10.6. The first-order chi connectivity index (χ1) is 8.66. The van der Waals surface area contributed by atoms with Crippen molar-refractivity contribution in [3.63, 3.8) is 0 Å². The molecule has 0 saturated carbocycles. The smallest absolute Gasteiger partial charge is 0.337 e. The highest BCUT2D eigenvalue weighted by molar-refractivity contribution is 5.74. The molecule has 0 aliphatic carbocycles. The fraction of sp³-hybridized carbons (Fsp3) is 0.462. The summed E-state index contributed by atoms with van der Waals surface area (Å²) in [7, 11) is 0. The highest BCUT2D eigenvalue weighted by atomic mass is 16.5. The van der Waals surface area contributed by atoms with E-state index >= 15 is 0 Å². The zero-order chi connectivity index (χ0) is 13.0. The molecule has 1 aliphatic rings. The average molecular weight is 252 g/mol. The van der Waals surface area contributed by atoms with E-state index in [1.54, 1.807) is 24.3 Å². The quantitative estimate of drug-likeness (QED) is 0.846. The molecule has 0 bridgehead atoms. The van der Waals surface area contributed by atoms with E-state index in [2.05, 4.69) is 0 Å². The number of aliphatic hydroxyl groups is 1. The number of aliphatic carboxylic acids is 1. The molecule has 0 radical (unpaired) electrons. The predicted octanol–water partition coefficient (Wildman–Crippen LogP) is 1.36. The van der Waals surface area contributed by atoms with Gasteiger partial charge in [0.05, 0.1) is 13.2 Å². The molecule has 98 valence electrons. The van der Waals surface area contributed by atoms with Gasteiger partial charge in [0.15, 0.2) is 6.10 Å². The lowest BCUT2D eigenvalue weighted by atomic mass is 10.1. The minimum absolute atomic E-state index is 0.147. The molecule has 5 heteroatoms. The second kappa shape index (κ2) is 5.84. The van der Waals surface area contributed by atoms with E-state index in [4.69, 9.17) is 14.6 Å². The van der Waals surface area contributed by atoms with Crippen LogP contribution in [0.4, 0.5) is 0 Å². The van der Waals surface area contributed by atoms with Crippen LogP contribution in [-0.2, 0) is 9.53 Å². The van der Waals surface area contributed by atoms with Gasteiger partial charge in [-0.3, -0.25) is 0 Å². The standard InChI is InChI=1S/C13H16O5/c14-12(13(15)16)9-1-3-10(4-2-9)18-11-5-7-17-8-6-11/h1-4,11-12,14H,5-8H2,(H,15,16). The number of rotatable bonds is 4. The molecule has 1 aromatic carbocycles. The Bertz CT molecular complexity index is 394. The Morgan fingerprint density at radius 3 is 2.44 bits per heavy atom. The molecular formula is C13H16O5. The topological polar surface area (TPSA) is 76.0 Å². The largest absolute Gasteiger partial charge is 0.490 e. The molecule has 0 amide bonds. The molecular weight excluding hydrogens is 236 g/mol. The van der Waals surface area contributed by atoms with E-state index in [9.17, 15) is 9.90 Å². The second-order valence-corrected chi connectivity index (χ2v) is 4.24. The van der Waals surface area contributed by atoms with Crippen LogP contribution in [0.25, 0.3) is 0 Å². The maximum Gasteiger partial charge on any atom is 0.337 e. The van der Waals surface area contributed by atoms with Gasteiger partial charge in [0.2, 0.25) is 0 Å². The van der Waals surface area contributed by atoms with Crippen molar-refractivity contribution in [3.05, 3.63) is 29.8 Å². The van der Waals surface area contributed by atoms with Crippen LogP contribution >= 0.6 is 0 Å². The van der Waals surface area contributed by atoms with Crippen molar-refractivity contribution in [2.75, 3.05) is 13.2 Å². The van der Waals surface area contributed by atoms with Crippen LogP contribution in [0.2, 0.25) is 0 Å². The summed E-state index contributed by atoms with van der Waals surface area (Å²) in [5.74, 6) is -0.573. The number of ether oxygens (including phenoxy) is 2. The SMILES string of the molecule is O=C(O)C(O)c1ccc(OC2CCOCC2)cc1. The highest BCUT2D eigenvalue weighted by Gasteiger charge is 2.17. The number of hydrogen-bond donors (Lipinski definition) is 2.